The zero-order valence-corrected chi connectivity index (χ0v) is 15.2. The highest BCUT2D eigenvalue weighted by molar-refractivity contribution is 9.10. The second-order valence-corrected chi connectivity index (χ2v) is 7.31. The van der Waals surface area contributed by atoms with Crippen molar-refractivity contribution in [1.29, 1.82) is 0 Å². The fourth-order valence-corrected chi connectivity index (χ4v) is 3.36. The normalized spacial score (nSPS) is 15.0. The van der Waals surface area contributed by atoms with Gasteiger partial charge in [0.15, 0.2) is 16.8 Å². The van der Waals surface area contributed by atoms with Crippen LogP contribution in [0.3, 0.4) is 0 Å². The van der Waals surface area contributed by atoms with Crippen molar-refractivity contribution in [2.45, 2.75) is 12.3 Å². The predicted octanol–water partition coefficient (Wildman–Crippen LogP) is 4.34. The molecule has 0 spiro atoms. The minimum absolute atomic E-state index is 0.526. The van der Waals surface area contributed by atoms with E-state index in [0.29, 0.717) is 19.9 Å². The Bertz CT molecular complexity index is 737. The van der Waals surface area contributed by atoms with Crippen molar-refractivity contribution in [3.05, 3.63) is 69.7 Å². The van der Waals surface area contributed by atoms with Crippen molar-refractivity contribution >= 4 is 32.9 Å². The lowest BCUT2D eigenvalue weighted by molar-refractivity contribution is 0.258. The predicted molar refractivity (Wildman–Crippen MR) is 97.6 cm³/mol. The summed E-state index contributed by atoms with van der Waals surface area (Å²) in [6.45, 7) is 1.69. The molecule has 0 bridgehead atoms. The number of halogens is 3. The van der Waals surface area contributed by atoms with E-state index in [1.165, 1.54) is 11.6 Å². The van der Waals surface area contributed by atoms with Gasteiger partial charge in [-0.05, 0) is 35.4 Å². The summed E-state index contributed by atoms with van der Waals surface area (Å²) in [5.74, 6) is -0.783. The molecule has 2 aromatic carbocycles. The summed E-state index contributed by atoms with van der Waals surface area (Å²) in [4.78, 5) is 6.52. The molecule has 0 saturated heterocycles. The van der Waals surface area contributed by atoms with Crippen LogP contribution in [-0.2, 0) is 12.3 Å². The Morgan fingerprint density at radius 3 is 2.50 bits per heavy atom. The topological polar surface area (TPSA) is 27.6 Å². The summed E-state index contributed by atoms with van der Waals surface area (Å²) in [6.07, 6.45) is 0. The highest BCUT2D eigenvalue weighted by Gasteiger charge is 2.13. The van der Waals surface area contributed by atoms with Gasteiger partial charge in [0, 0.05) is 16.8 Å². The lowest BCUT2D eigenvalue weighted by Crippen LogP contribution is -2.41. The third-order valence-corrected chi connectivity index (χ3v) is 5.10. The first-order valence-corrected chi connectivity index (χ1v) is 9.20. The lowest BCUT2D eigenvalue weighted by atomic mass is 10.2. The number of benzene rings is 2. The molecule has 0 aliphatic carbocycles. The Hall–Kier alpha value is -1.44. The fourth-order valence-electron chi connectivity index (χ4n) is 2.28. The number of amidine groups is 1. The molecule has 24 heavy (non-hydrogen) atoms. The van der Waals surface area contributed by atoms with Crippen molar-refractivity contribution in [1.82, 2.24) is 10.2 Å². The minimum atomic E-state index is -0.819. The first kappa shape index (κ1) is 17.4. The molecule has 3 rings (SSSR count). The first-order chi connectivity index (χ1) is 11.6. The minimum Gasteiger partial charge on any atom is -0.352 e. The van der Waals surface area contributed by atoms with E-state index >= 15 is 0 Å². The van der Waals surface area contributed by atoms with Crippen molar-refractivity contribution in [3.63, 3.8) is 0 Å². The van der Waals surface area contributed by atoms with Crippen LogP contribution in [0.1, 0.15) is 11.1 Å². The molecule has 7 heteroatoms. The molecule has 0 aromatic heterocycles. The number of hydrogen-bond donors (Lipinski definition) is 1. The molecular formula is C17H16BrF2N3S. The molecule has 3 nitrogen and oxygen atoms in total. The van der Waals surface area contributed by atoms with Crippen molar-refractivity contribution in [2.75, 3.05) is 13.3 Å². The van der Waals surface area contributed by atoms with Gasteiger partial charge in [-0.1, -0.05) is 45.9 Å². The van der Waals surface area contributed by atoms with Gasteiger partial charge in [0.05, 0.1) is 13.3 Å². The number of hydrogen-bond acceptors (Lipinski definition) is 4. The molecule has 0 amide bonds. The summed E-state index contributed by atoms with van der Waals surface area (Å²) in [5.41, 5.74) is 1.97. The van der Waals surface area contributed by atoms with Gasteiger partial charge in [-0.3, -0.25) is 4.90 Å². The molecule has 0 unspecified atom stereocenters. The largest absolute Gasteiger partial charge is 0.352 e. The third kappa shape index (κ3) is 4.78. The summed E-state index contributed by atoms with van der Waals surface area (Å²) < 4.78 is 27.3. The zero-order valence-electron chi connectivity index (χ0n) is 12.8. The van der Waals surface area contributed by atoms with Crippen LogP contribution < -0.4 is 5.32 Å². The second-order valence-electron chi connectivity index (χ2n) is 5.43. The average molecular weight is 412 g/mol. The molecular weight excluding hydrogens is 396 g/mol. The molecule has 0 radical (unpaired) electrons. The van der Waals surface area contributed by atoms with Gasteiger partial charge in [-0.15, -0.1) is 0 Å². The molecule has 0 saturated carbocycles. The monoisotopic (exact) mass is 411 g/mol. The smallest absolute Gasteiger partial charge is 0.159 e. The summed E-state index contributed by atoms with van der Waals surface area (Å²) in [6, 6.07) is 12.2. The zero-order chi connectivity index (χ0) is 16.9. The highest BCUT2D eigenvalue weighted by atomic mass is 79.9. The van der Waals surface area contributed by atoms with Crippen molar-refractivity contribution < 1.29 is 8.78 Å². The first-order valence-electron chi connectivity index (χ1n) is 7.42. The molecule has 1 aliphatic heterocycles. The number of rotatable bonds is 4. The van der Waals surface area contributed by atoms with Crippen molar-refractivity contribution in [3.8, 4) is 0 Å². The van der Waals surface area contributed by atoms with Gasteiger partial charge < -0.3 is 5.32 Å². The molecule has 1 heterocycles. The molecule has 0 fully saturated rings. The van der Waals surface area contributed by atoms with E-state index < -0.39 is 11.6 Å². The van der Waals surface area contributed by atoms with Gasteiger partial charge in [-0.25, -0.2) is 13.8 Å². The third-order valence-electron chi connectivity index (χ3n) is 3.55. The highest BCUT2D eigenvalue weighted by Crippen LogP contribution is 2.18. The van der Waals surface area contributed by atoms with E-state index in [2.05, 4.69) is 38.4 Å². The number of nitrogens with one attached hydrogen (secondary N) is 1. The van der Waals surface area contributed by atoms with Crippen molar-refractivity contribution in [2.24, 2.45) is 4.99 Å². The SMILES string of the molecule is Fc1ccc(CN2CN=C(SCc3ccc(Br)cc3)NC2)cc1F. The quantitative estimate of drug-likeness (QED) is 0.810. The molecule has 1 N–H and O–H groups in total. The van der Waals surface area contributed by atoms with Crippen LogP contribution in [-0.4, -0.2) is 23.4 Å². The second kappa shape index (κ2) is 8.09. The van der Waals surface area contributed by atoms with Gasteiger partial charge in [-0.2, -0.15) is 0 Å². The maximum Gasteiger partial charge on any atom is 0.159 e. The maximum atomic E-state index is 13.2. The van der Waals surface area contributed by atoms with Crippen LogP contribution in [0.25, 0.3) is 0 Å². The van der Waals surface area contributed by atoms with E-state index in [1.54, 1.807) is 17.8 Å². The van der Waals surface area contributed by atoms with E-state index in [1.807, 2.05) is 17.0 Å². The molecule has 0 atom stereocenters. The molecule has 1 aliphatic rings. The number of nitrogens with zero attached hydrogens (tertiary/aromatic N) is 2. The summed E-state index contributed by atoms with van der Waals surface area (Å²) in [5, 5.41) is 4.16. The Balaban J connectivity index is 1.50. The summed E-state index contributed by atoms with van der Waals surface area (Å²) in [7, 11) is 0. The molecule has 2 aromatic rings. The van der Waals surface area contributed by atoms with Crippen LogP contribution in [0, 0.1) is 11.6 Å². The van der Waals surface area contributed by atoms with Gasteiger partial charge in [0.1, 0.15) is 0 Å². The fraction of sp³-hybridized carbons (Fsp3) is 0.235. The number of aliphatic imine (C=N–C) groups is 1. The Kier molecular flexibility index (Phi) is 5.86. The van der Waals surface area contributed by atoms with Gasteiger partial charge in [0.2, 0.25) is 0 Å². The average Bonchev–Trinajstić information content (AvgIpc) is 2.59. The van der Waals surface area contributed by atoms with Crippen LogP contribution in [0.5, 0.6) is 0 Å². The van der Waals surface area contributed by atoms with Crippen LogP contribution in [0.4, 0.5) is 8.78 Å². The Morgan fingerprint density at radius 1 is 1.08 bits per heavy atom. The van der Waals surface area contributed by atoms with Crippen LogP contribution in [0.2, 0.25) is 0 Å². The summed E-state index contributed by atoms with van der Waals surface area (Å²) >= 11 is 5.08. The Labute approximate surface area is 152 Å². The van der Waals surface area contributed by atoms with E-state index in [-0.39, 0.29) is 0 Å². The van der Waals surface area contributed by atoms with Crippen LogP contribution in [0.15, 0.2) is 51.9 Å². The Morgan fingerprint density at radius 2 is 1.83 bits per heavy atom. The lowest BCUT2D eigenvalue weighted by Gasteiger charge is -2.26. The number of thioether (sulfide) groups is 1. The maximum absolute atomic E-state index is 13.2. The van der Waals surface area contributed by atoms with E-state index in [9.17, 15) is 8.78 Å². The van der Waals surface area contributed by atoms with E-state index in [4.69, 9.17) is 0 Å². The standard InChI is InChI=1S/C17H16BrF2N3S/c18-14-4-1-12(2-5-14)9-24-17-21-10-23(11-22-17)8-13-3-6-15(19)16(20)7-13/h1-7H,8-11H2,(H,21,22). The van der Waals surface area contributed by atoms with Gasteiger partial charge >= 0.3 is 0 Å². The van der Waals surface area contributed by atoms with E-state index in [0.717, 1.165) is 27.0 Å². The molecule has 126 valence electrons. The van der Waals surface area contributed by atoms with Crippen LogP contribution >= 0.6 is 27.7 Å². The van der Waals surface area contributed by atoms with Gasteiger partial charge in [0.25, 0.3) is 0 Å².